The molecule has 0 aliphatic carbocycles. The molecule has 10 heteroatoms. The molecule has 4 heterocycles. The number of aromatic nitrogens is 4. The molecule has 3 N–H and O–H groups in total. The van der Waals surface area contributed by atoms with Crippen molar-refractivity contribution in [3.63, 3.8) is 0 Å². The zero-order valence-corrected chi connectivity index (χ0v) is 19.5. The van der Waals surface area contributed by atoms with Gasteiger partial charge in [0, 0.05) is 31.3 Å². The Hall–Kier alpha value is -3.24. The minimum absolute atomic E-state index is 0.0276. The second-order valence-corrected chi connectivity index (χ2v) is 9.22. The molecule has 2 bridgehead atoms. The Morgan fingerprint density at radius 3 is 2.71 bits per heavy atom. The van der Waals surface area contributed by atoms with Crippen LogP contribution in [0.1, 0.15) is 44.7 Å². The molecule has 2 fully saturated rings. The van der Waals surface area contributed by atoms with Gasteiger partial charge in [0.2, 0.25) is 0 Å². The summed E-state index contributed by atoms with van der Waals surface area (Å²) in [4.78, 5) is 23.5. The van der Waals surface area contributed by atoms with Crippen LogP contribution in [0, 0.1) is 0 Å². The van der Waals surface area contributed by atoms with Crippen molar-refractivity contribution in [1.29, 1.82) is 0 Å². The number of aliphatic hydroxyl groups excluding tert-OH is 1. The van der Waals surface area contributed by atoms with E-state index in [-0.39, 0.29) is 24.9 Å². The van der Waals surface area contributed by atoms with Gasteiger partial charge in [-0.2, -0.15) is 5.10 Å². The van der Waals surface area contributed by atoms with Crippen LogP contribution in [0.3, 0.4) is 0 Å². The maximum absolute atomic E-state index is 11.3. The first kappa shape index (κ1) is 22.5. The maximum Gasteiger partial charge on any atom is 0.409 e. The number of hydrogen-bond acceptors (Lipinski definition) is 8. The zero-order valence-electron chi connectivity index (χ0n) is 19.5. The van der Waals surface area contributed by atoms with Gasteiger partial charge in [-0.25, -0.2) is 19.4 Å². The minimum atomic E-state index is -0.874. The highest BCUT2D eigenvalue weighted by Gasteiger charge is 2.35. The van der Waals surface area contributed by atoms with E-state index >= 15 is 0 Å². The lowest BCUT2D eigenvalue weighted by Crippen LogP contribution is -2.43. The number of primary amides is 1. The van der Waals surface area contributed by atoms with Crippen molar-refractivity contribution in [2.24, 2.45) is 5.73 Å². The number of aryl methyl sites for hydroxylation is 1. The Morgan fingerprint density at radius 1 is 1.26 bits per heavy atom. The summed E-state index contributed by atoms with van der Waals surface area (Å²) in [6.07, 6.45) is 4.62. The number of amides is 1. The number of anilines is 1. The number of hydrogen-bond donors (Lipinski definition) is 2. The second-order valence-electron chi connectivity index (χ2n) is 9.22. The summed E-state index contributed by atoms with van der Waals surface area (Å²) in [5.74, 6) is 1.81. The third-order valence-electron chi connectivity index (χ3n) is 6.40. The van der Waals surface area contributed by atoms with Crippen LogP contribution < -0.4 is 15.4 Å². The summed E-state index contributed by atoms with van der Waals surface area (Å²) in [6.45, 7) is 5.77. The molecule has 10 nitrogen and oxygen atoms in total. The van der Waals surface area contributed by atoms with Crippen molar-refractivity contribution in [2.75, 3.05) is 24.6 Å². The maximum atomic E-state index is 11.3. The summed E-state index contributed by atoms with van der Waals surface area (Å²) in [5.41, 5.74) is 7.57. The van der Waals surface area contributed by atoms with Gasteiger partial charge >= 0.3 is 6.09 Å². The average molecular weight is 467 g/mol. The fourth-order valence-corrected chi connectivity index (χ4v) is 4.84. The van der Waals surface area contributed by atoms with E-state index < -0.39 is 6.09 Å². The van der Waals surface area contributed by atoms with E-state index in [1.165, 1.54) is 0 Å². The van der Waals surface area contributed by atoms with Gasteiger partial charge in [0.25, 0.3) is 0 Å². The van der Waals surface area contributed by atoms with Gasteiger partial charge < -0.3 is 25.2 Å². The van der Waals surface area contributed by atoms with Gasteiger partial charge in [-0.1, -0.05) is 0 Å². The molecule has 2 unspecified atom stereocenters. The normalized spacial score (nSPS) is 19.8. The van der Waals surface area contributed by atoms with E-state index in [9.17, 15) is 9.90 Å². The molecule has 0 radical (unpaired) electrons. The topological polar surface area (TPSA) is 129 Å². The Labute approximate surface area is 197 Å². The number of aliphatic hydroxyl groups is 1. The Morgan fingerprint density at radius 2 is 2.03 bits per heavy atom. The summed E-state index contributed by atoms with van der Waals surface area (Å²) in [7, 11) is 0. The van der Waals surface area contributed by atoms with E-state index in [4.69, 9.17) is 25.2 Å². The summed E-state index contributed by atoms with van der Waals surface area (Å²) in [5, 5.41) is 14.8. The molecule has 2 atom stereocenters. The number of ether oxygens (including phenoxy) is 2. The van der Waals surface area contributed by atoms with Crippen molar-refractivity contribution >= 4 is 22.9 Å². The van der Waals surface area contributed by atoms with Gasteiger partial charge in [0.1, 0.15) is 11.6 Å². The van der Waals surface area contributed by atoms with E-state index in [1.807, 2.05) is 23.0 Å². The van der Waals surface area contributed by atoms with Crippen molar-refractivity contribution in [2.45, 2.75) is 57.8 Å². The number of rotatable bonds is 7. The van der Waals surface area contributed by atoms with Crippen LogP contribution in [0.4, 0.5) is 10.6 Å². The van der Waals surface area contributed by atoms with Crippen molar-refractivity contribution in [3.05, 3.63) is 30.0 Å². The first-order valence-electron chi connectivity index (χ1n) is 11.8. The lowest BCUT2D eigenvalue weighted by Gasteiger charge is -2.33. The largest absolute Gasteiger partial charge is 0.410 e. The number of carbonyl (C=O) groups is 1. The highest BCUT2D eigenvalue weighted by molar-refractivity contribution is 5.89. The summed E-state index contributed by atoms with van der Waals surface area (Å²) >= 11 is 0. The highest BCUT2D eigenvalue weighted by atomic mass is 16.5. The smallest absolute Gasteiger partial charge is 0.409 e. The first-order valence-corrected chi connectivity index (χ1v) is 11.8. The molecule has 0 spiro atoms. The van der Waals surface area contributed by atoms with Crippen LogP contribution in [-0.4, -0.2) is 62.9 Å². The van der Waals surface area contributed by atoms with E-state index in [1.54, 1.807) is 6.07 Å². The van der Waals surface area contributed by atoms with Crippen LogP contribution in [0.5, 0.6) is 5.75 Å². The Kier molecular flexibility index (Phi) is 6.09. The lowest BCUT2D eigenvalue weighted by molar-refractivity contribution is 0.0303. The number of carbonyl (C=O) groups excluding carboxylic acids is 1. The van der Waals surface area contributed by atoms with Crippen LogP contribution in [0.25, 0.3) is 22.4 Å². The molecular weight excluding hydrogens is 436 g/mol. The van der Waals surface area contributed by atoms with Crippen molar-refractivity contribution < 1.29 is 19.4 Å². The fourth-order valence-electron chi connectivity index (χ4n) is 4.84. The minimum Gasteiger partial charge on any atom is -0.410 e. The van der Waals surface area contributed by atoms with Crippen LogP contribution in [0.2, 0.25) is 0 Å². The summed E-state index contributed by atoms with van der Waals surface area (Å²) < 4.78 is 13.1. The summed E-state index contributed by atoms with van der Waals surface area (Å²) in [6, 6.07) is 5.57. The van der Waals surface area contributed by atoms with Gasteiger partial charge in [-0.3, -0.25) is 0 Å². The number of nitrogens with zero attached hydrogens (tertiary/aromatic N) is 5. The van der Waals surface area contributed by atoms with Crippen molar-refractivity contribution in [3.8, 4) is 17.1 Å². The van der Waals surface area contributed by atoms with E-state index in [2.05, 4.69) is 23.8 Å². The van der Waals surface area contributed by atoms with Gasteiger partial charge in [0.05, 0.1) is 23.8 Å². The molecule has 3 aromatic rings. The van der Waals surface area contributed by atoms with Crippen LogP contribution in [0.15, 0.2) is 24.4 Å². The second kappa shape index (κ2) is 9.19. The van der Waals surface area contributed by atoms with Crippen LogP contribution >= 0.6 is 0 Å². The lowest BCUT2D eigenvalue weighted by atomic mass is 10.0. The quantitative estimate of drug-likeness (QED) is 0.544. The Balaban J connectivity index is 1.61. The Bertz CT molecular complexity index is 1200. The van der Waals surface area contributed by atoms with Gasteiger partial charge in [-0.05, 0) is 63.3 Å². The molecule has 2 aliphatic rings. The number of morpholine rings is 1. The molecule has 1 aromatic carbocycles. The molecule has 0 saturated carbocycles. The third-order valence-corrected chi connectivity index (χ3v) is 6.40. The third kappa shape index (κ3) is 4.30. The first-order chi connectivity index (χ1) is 16.4. The van der Waals surface area contributed by atoms with E-state index in [0.29, 0.717) is 24.4 Å². The predicted octanol–water partition coefficient (Wildman–Crippen LogP) is 2.82. The van der Waals surface area contributed by atoms with E-state index in [0.717, 1.165) is 53.9 Å². The monoisotopic (exact) mass is 466 g/mol. The number of fused-ring (bicyclic) bond motifs is 3. The number of benzene rings is 1. The SMILES string of the molecule is CC(C)n1ncc2c(N3CC4CCC(C3)O4)nc(-c3ccc(OC(N)=O)c(CCCO)c3)nc21. The van der Waals surface area contributed by atoms with Gasteiger partial charge in [0.15, 0.2) is 11.5 Å². The molecule has 1 amide bonds. The fraction of sp³-hybridized carbons (Fsp3) is 0.500. The molecule has 2 saturated heterocycles. The highest BCUT2D eigenvalue weighted by Crippen LogP contribution is 2.35. The van der Waals surface area contributed by atoms with Crippen LogP contribution in [-0.2, 0) is 11.2 Å². The molecular formula is C24H30N6O4. The molecule has 34 heavy (non-hydrogen) atoms. The molecule has 2 aliphatic heterocycles. The predicted molar refractivity (Wildman–Crippen MR) is 127 cm³/mol. The molecule has 2 aromatic heterocycles. The molecule has 5 rings (SSSR count). The van der Waals surface area contributed by atoms with Crippen molar-refractivity contribution in [1.82, 2.24) is 19.7 Å². The standard InChI is InChI=1S/C24H30N6O4/c1-14(2)30-23-19(11-26-30)22(29-12-17-6-7-18(13-29)33-17)27-21(28-23)16-5-8-20(34-24(25)32)15(10-16)4-3-9-31/h5,8,10-11,14,17-18,31H,3-4,6-7,9,12-13H2,1-2H3,(H2,25,32). The van der Waals surface area contributed by atoms with Gasteiger partial charge in [-0.15, -0.1) is 0 Å². The molecule has 180 valence electrons. The number of nitrogens with two attached hydrogens (primary N) is 1. The zero-order chi connectivity index (χ0) is 23.8. The average Bonchev–Trinajstić information content (AvgIpc) is 3.39.